The second-order valence-corrected chi connectivity index (χ2v) is 5.87. The van der Waals surface area contributed by atoms with Gasteiger partial charge in [-0.15, -0.1) is 0 Å². The summed E-state index contributed by atoms with van der Waals surface area (Å²) in [5.74, 6) is 0.0736. The van der Waals surface area contributed by atoms with Gasteiger partial charge in [-0.2, -0.15) is 0 Å². The number of ether oxygens (including phenoxy) is 1. The van der Waals surface area contributed by atoms with Gasteiger partial charge < -0.3 is 15.8 Å². The summed E-state index contributed by atoms with van der Waals surface area (Å²) in [7, 11) is 0. The van der Waals surface area contributed by atoms with E-state index in [-0.39, 0.29) is 11.4 Å². The maximum absolute atomic E-state index is 11.7. The van der Waals surface area contributed by atoms with Gasteiger partial charge in [0.1, 0.15) is 0 Å². The zero-order valence-corrected chi connectivity index (χ0v) is 11.2. The molecule has 3 N–H and O–H groups in total. The van der Waals surface area contributed by atoms with E-state index in [0.717, 1.165) is 19.3 Å². The molecule has 2 aliphatic rings. The van der Waals surface area contributed by atoms with E-state index in [1.165, 1.54) is 32.1 Å². The van der Waals surface area contributed by atoms with E-state index < -0.39 is 0 Å². The topological polar surface area (TPSA) is 64.4 Å². The summed E-state index contributed by atoms with van der Waals surface area (Å²) in [5, 5.41) is 2.90. The molecule has 0 aromatic heterocycles. The summed E-state index contributed by atoms with van der Waals surface area (Å²) >= 11 is 0. The van der Waals surface area contributed by atoms with Gasteiger partial charge in [0.2, 0.25) is 5.91 Å². The molecule has 0 aromatic rings. The van der Waals surface area contributed by atoms with Crippen LogP contribution in [0.4, 0.5) is 0 Å². The highest BCUT2D eigenvalue weighted by Gasteiger charge is 2.34. The van der Waals surface area contributed by atoms with E-state index in [1.807, 2.05) is 0 Å². The standard InChI is InChI=1S/C14H26N2O2/c15-14(7-4-8-14)11-13(17)16-9-10-18-12-5-2-1-3-6-12/h12H,1-11,15H2,(H,16,17). The third-order valence-corrected chi connectivity index (χ3v) is 4.19. The average Bonchev–Trinajstić information content (AvgIpc) is 2.34. The van der Waals surface area contributed by atoms with Gasteiger partial charge in [0, 0.05) is 18.5 Å². The van der Waals surface area contributed by atoms with E-state index in [0.29, 0.717) is 25.7 Å². The van der Waals surface area contributed by atoms with Gasteiger partial charge in [-0.25, -0.2) is 0 Å². The second-order valence-electron chi connectivity index (χ2n) is 5.87. The van der Waals surface area contributed by atoms with Crippen LogP contribution in [0.3, 0.4) is 0 Å². The molecular formula is C14H26N2O2. The summed E-state index contributed by atoms with van der Waals surface area (Å²) in [5.41, 5.74) is 5.82. The molecular weight excluding hydrogens is 228 g/mol. The summed E-state index contributed by atoms with van der Waals surface area (Å²) in [4.78, 5) is 11.7. The lowest BCUT2D eigenvalue weighted by atomic mass is 9.75. The molecule has 4 nitrogen and oxygen atoms in total. The zero-order valence-electron chi connectivity index (χ0n) is 11.2. The largest absolute Gasteiger partial charge is 0.376 e. The van der Waals surface area contributed by atoms with Gasteiger partial charge in [0.15, 0.2) is 0 Å². The fraction of sp³-hybridized carbons (Fsp3) is 0.929. The van der Waals surface area contributed by atoms with Gasteiger partial charge >= 0.3 is 0 Å². The summed E-state index contributed by atoms with van der Waals surface area (Å²) in [6.45, 7) is 1.25. The molecule has 0 saturated heterocycles. The predicted octanol–water partition coefficient (Wildman–Crippen LogP) is 1.72. The Bertz CT molecular complexity index is 271. The minimum absolute atomic E-state index is 0.0736. The zero-order chi connectivity index (χ0) is 12.8. The van der Waals surface area contributed by atoms with Crippen LogP contribution in [0, 0.1) is 0 Å². The number of hydrogen-bond donors (Lipinski definition) is 2. The highest BCUT2D eigenvalue weighted by molar-refractivity contribution is 5.77. The van der Waals surface area contributed by atoms with Gasteiger partial charge in [-0.1, -0.05) is 19.3 Å². The first kappa shape index (κ1) is 13.8. The third-order valence-electron chi connectivity index (χ3n) is 4.19. The lowest BCUT2D eigenvalue weighted by molar-refractivity contribution is -0.123. The molecule has 0 bridgehead atoms. The Kier molecular flexibility index (Phi) is 5.01. The SMILES string of the molecule is NC1(CC(=O)NCCOC2CCCCC2)CCC1. The lowest BCUT2D eigenvalue weighted by Gasteiger charge is -2.37. The first-order chi connectivity index (χ1) is 8.68. The van der Waals surface area contributed by atoms with Crippen molar-refractivity contribution < 1.29 is 9.53 Å². The molecule has 104 valence electrons. The van der Waals surface area contributed by atoms with Crippen molar-refractivity contribution >= 4 is 5.91 Å². The van der Waals surface area contributed by atoms with Crippen LogP contribution in [-0.2, 0) is 9.53 Å². The maximum atomic E-state index is 11.7. The number of nitrogens with one attached hydrogen (secondary N) is 1. The van der Waals surface area contributed by atoms with Crippen molar-refractivity contribution in [1.29, 1.82) is 0 Å². The maximum Gasteiger partial charge on any atom is 0.221 e. The Hall–Kier alpha value is -0.610. The molecule has 1 amide bonds. The molecule has 0 unspecified atom stereocenters. The predicted molar refractivity (Wildman–Crippen MR) is 71.2 cm³/mol. The highest BCUT2D eigenvalue weighted by atomic mass is 16.5. The minimum Gasteiger partial charge on any atom is -0.376 e. The van der Waals surface area contributed by atoms with Crippen LogP contribution in [0.1, 0.15) is 57.8 Å². The number of rotatable bonds is 6. The van der Waals surface area contributed by atoms with Gasteiger partial charge in [0.05, 0.1) is 12.7 Å². The molecule has 18 heavy (non-hydrogen) atoms. The summed E-state index contributed by atoms with van der Waals surface area (Å²) < 4.78 is 5.76. The Balaban J connectivity index is 1.50. The quantitative estimate of drug-likeness (QED) is 0.709. The van der Waals surface area contributed by atoms with Crippen molar-refractivity contribution in [1.82, 2.24) is 5.32 Å². The number of nitrogens with two attached hydrogens (primary N) is 1. The highest BCUT2D eigenvalue weighted by Crippen LogP contribution is 2.31. The van der Waals surface area contributed by atoms with Crippen LogP contribution < -0.4 is 11.1 Å². The van der Waals surface area contributed by atoms with Crippen molar-refractivity contribution in [3.05, 3.63) is 0 Å². The monoisotopic (exact) mass is 254 g/mol. The molecule has 4 heteroatoms. The molecule has 2 saturated carbocycles. The van der Waals surface area contributed by atoms with Gasteiger partial charge in [-0.05, 0) is 32.1 Å². The molecule has 0 heterocycles. The molecule has 0 spiro atoms. The van der Waals surface area contributed by atoms with Crippen LogP contribution >= 0.6 is 0 Å². The number of carbonyl (C=O) groups excluding carboxylic acids is 1. The normalized spacial score (nSPS) is 23.4. The van der Waals surface area contributed by atoms with Crippen molar-refractivity contribution in [2.45, 2.75) is 69.4 Å². The van der Waals surface area contributed by atoms with E-state index in [1.54, 1.807) is 0 Å². The Morgan fingerprint density at radius 3 is 2.56 bits per heavy atom. The molecule has 2 fully saturated rings. The third kappa shape index (κ3) is 4.25. The number of amides is 1. The second kappa shape index (κ2) is 6.53. The van der Waals surface area contributed by atoms with Gasteiger partial charge in [0.25, 0.3) is 0 Å². The Morgan fingerprint density at radius 1 is 1.22 bits per heavy atom. The van der Waals surface area contributed by atoms with E-state index in [9.17, 15) is 4.79 Å². The number of carbonyl (C=O) groups is 1. The summed E-state index contributed by atoms with van der Waals surface area (Å²) in [6, 6.07) is 0. The first-order valence-electron chi connectivity index (χ1n) is 7.35. The summed E-state index contributed by atoms with van der Waals surface area (Å²) in [6.07, 6.45) is 10.3. The molecule has 0 radical (unpaired) electrons. The van der Waals surface area contributed by atoms with Crippen molar-refractivity contribution in [3.8, 4) is 0 Å². The van der Waals surface area contributed by atoms with E-state index in [2.05, 4.69) is 5.32 Å². The molecule has 0 aliphatic heterocycles. The van der Waals surface area contributed by atoms with Crippen LogP contribution in [0.2, 0.25) is 0 Å². The Morgan fingerprint density at radius 2 is 1.94 bits per heavy atom. The first-order valence-corrected chi connectivity index (χ1v) is 7.35. The Labute approximate surface area is 110 Å². The van der Waals surface area contributed by atoms with E-state index >= 15 is 0 Å². The number of hydrogen-bond acceptors (Lipinski definition) is 3. The smallest absolute Gasteiger partial charge is 0.221 e. The van der Waals surface area contributed by atoms with Crippen molar-refractivity contribution in [2.24, 2.45) is 5.73 Å². The average molecular weight is 254 g/mol. The van der Waals surface area contributed by atoms with E-state index in [4.69, 9.17) is 10.5 Å². The van der Waals surface area contributed by atoms with Gasteiger partial charge in [-0.3, -0.25) is 4.79 Å². The lowest BCUT2D eigenvalue weighted by Crippen LogP contribution is -2.50. The minimum atomic E-state index is -0.214. The van der Waals surface area contributed by atoms with Crippen LogP contribution in [0.5, 0.6) is 0 Å². The van der Waals surface area contributed by atoms with Crippen molar-refractivity contribution in [2.75, 3.05) is 13.2 Å². The van der Waals surface area contributed by atoms with Crippen LogP contribution in [0.15, 0.2) is 0 Å². The molecule has 0 aromatic carbocycles. The molecule has 0 atom stereocenters. The fourth-order valence-corrected chi connectivity index (χ4v) is 2.84. The van der Waals surface area contributed by atoms with Crippen LogP contribution in [0.25, 0.3) is 0 Å². The molecule has 2 aliphatic carbocycles. The van der Waals surface area contributed by atoms with Crippen molar-refractivity contribution in [3.63, 3.8) is 0 Å². The fourth-order valence-electron chi connectivity index (χ4n) is 2.84. The molecule has 2 rings (SSSR count). The van der Waals surface area contributed by atoms with Crippen LogP contribution in [-0.4, -0.2) is 30.7 Å².